The number of nitrogen functional groups attached to an aromatic ring is 1. The van der Waals surface area contributed by atoms with Crippen LogP contribution in [0.4, 0.5) is 10.2 Å². The van der Waals surface area contributed by atoms with Gasteiger partial charge in [0, 0.05) is 10.6 Å². The van der Waals surface area contributed by atoms with E-state index in [2.05, 4.69) is 15.0 Å². The second kappa shape index (κ2) is 7.59. The number of aryl methyl sites for hydroxylation is 1. The molecule has 8 heteroatoms. The SMILES string of the molecule is Cc1ccc(SC[C@H](CF)OCn2cnc3c(N)ncnc32)cc1. The van der Waals surface area contributed by atoms with Gasteiger partial charge in [0.05, 0.1) is 12.4 Å². The maximum atomic E-state index is 13.2. The molecule has 0 saturated carbocycles. The number of benzene rings is 1. The fourth-order valence-electron chi connectivity index (χ4n) is 2.14. The van der Waals surface area contributed by atoms with Crippen molar-refractivity contribution in [3.63, 3.8) is 0 Å². The van der Waals surface area contributed by atoms with Gasteiger partial charge in [0.25, 0.3) is 0 Å². The van der Waals surface area contributed by atoms with Crippen LogP contribution in [-0.4, -0.2) is 38.1 Å². The number of anilines is 1. The Morgan fingerprint density at radius 1 is 1.25 bits per heavy atom. The van der Waals surface area contributed by atoms with E-state index in [4.69, 9.17) is 10.5 Å². The van der Waals surface area contributed by atoms with Gasteiger partial charge in [-0.05, 0) is 19.1 Å². The molecule has 126 valence electrons. The molecule has 0 bridgehead atoms. The predicted octanol–water partition coefficient (Wildman–Crippen LogP) is 2.82. The van der Waals surface area contributed by atoms with Gasteiger partial charge in [0.2, 0.25) is 0 Å². The van der Waals surface area contributed by atoms with Crippen LogP contribution < -0.4 is 5.73 Å². The van der Waals surface area contributed by atoms with E-state index < -0.39 is 12.8 Å². The molecule has 0 amide bonds. The molecule has 0 aliphatic heterocycles. The van der Waals surface area contributed by atoms with Gasteiger partial charge in [0.1, 0.15) is 25.2 Å². The molecular formula is C16H18FN5OS. The minimum atomic E-state index is -0.553. The van der Waals surface area contributed by atoms with Crippen molar-refractivity contribution in [1.29, 1.82) is 0 Å². The molecule has 0 saturated heterocycles. The van der Waals surface area contributed by atoms with Crippen molar-refractivity contribution in [3.8, 4) is 0 Å². The Morgan fingerprint density at radius 2 is 2.04 bits per heavy atom. The topological polar surface area (TPSA) is 78.9 Å². The van der Waals surface area contributed by atoms with Crippen LogP contribution in [0, 0.1) is 6.92 Å². The Balaban J connectivity index is 1.59. The van der Waals surface area contributed by atoms with Crippen molar-refractivity contribution in [2.24, 2.45) is 0 Å². The smallest absolute Gasteiger partial charge is 0.167 e. The van der Waals surface area contributed by atoms with Crippen LogP contribution in [0.2, 0.25) is 0 Å². The normalized spacial score (nSPS) is 12.6. The molecule has 0 aliphatic carbocycles. The lowest BCUT2D eigenvalue weighted by atomic mass is 10.2. The van der Waals surface area contributed by atoms with Crippen LogP contribution in [0.25, 0.3) is 11.2 Å². The number of nitrogens with two attached hydrogens (primary N) is 1. The van der Waals surface area contributed by atoms with Crippen LogP contribution >= 0.6 is 11.8 Å². The summed E-state index contributed by atoms with van der Waals surface area (Å²) in [6, 6.07) is 8.13. The molecule has 2 heterocycles. The van der Waals surface area contributed by atoms with E-state index in [0.717, 1.165) is 4.90 Å². The lowest BCUT2D eigenvalue weighted by molar-refractivity contribution is 0.00911. The highest BCUT2D eigenvalue weighted by Gasteiger charge is 2.12. The summed E-state index contributed by atoms with van der Waals surface area (Å²) in [6.07, 6.45) is 2.43. The molecule has 24 heavy (non-hydrogen) atoms. The first kappa shape index (κ1) is 16.7. The third-order valence-electron chi connectivity index (χ3n) is 3.51. The van der Waals surface area contributed by atoms with Gasteiger partial charge in [-0.25, -0.2) is 19.3 Å². The number of thioether (sulfide) groups is 1. The Hall–Kier alpha value is -2.19. The zero-order chi connectivity index (χ0) is 16.9. The summed E-state index contributed by atoms with van der Waals surface area (Å²) in [5.41, 5.74) is 8.04. The molecule has 0 fully saturated rings. The number of hydrogen-bond donors (Lipinski definition) is 1. The summed E-state index contributed by atoms with van der Waals surface area (Å²) in [5.74, 6) is 0.847. The predicted molar refractivity (Wildman–Crippen MR) is 92.5 cm³/mol. The highest BCUT2D eigenvalue weighted by atomic mass is 32.2. The summed E-state index contributed by atoms with van der Waals surface area (Å²) in [4.78, 5) is 13.3. The first-order chi connectivity index (χ1) is 11.7. The summed E-state index contributed by atoms with van der Waals surface area (Å²) in [7, 11) is 0. The average molecular weight is 347 g/mol. The number of rotatable bonds is 7. The number of fused-ring (bicyclic) bond motifs is 1. The molecule has 1 aromatic carbocycles. The van der Waals surface area contributed by atoms with Crippen molar-refractivity contribution in [1.82, 2.24) is 19.5 Å². The molecule has 0 radical (unpaired) electrons. The van der Waals surface area contributed by atoms with Crippen molar-refractivity contribution >= 4 is 28.7 Å². The van der Waals surface area contributed by atoms with Crippen molar-refractivity contribution in [3.05, 3.63) is 42.5 Å². The van der Waals surface area contributed by atoms with E-state index in [9.17, 15) is 4.39 Å². The molecule has 6 nitrogen and oxygen atoms in total. The fourth-order valence-corrected chi connectivity index (χ4v) is 3.03. The van der Waals surface area contributed by atoms with E-state index in [1.807, 2.05) is 31.2 Å². The number of alkyl halides is 1. The Kier molecular flexibility index (Phi) is 5.27. The number of imidazole rings is 1. The first-order valence-corrected chi connectivity index (χ1v) is 8.44. The Bertz CT molecular complexity index is 808. The fraction of sp³-hybridized carbons (Fsp3) is 0.312. The lowest BCUT2D eigenvalue weighted by Crippen LogP contribution is -2.20. The van der Waals surface area contributed by atoms with Gasteiger partial charge >= 0.3 is 0 Å². The second-order valence-corrected chi connectivity index (χ2v) is 6.44. The number of hydrogen-bond acceptors (Lipinski definition) is 6. The molecule has 1 atom stereocenters. The molecule has 0 unspecified atom stereocenters. The monoisotopic (exact) mass is 347 g/mol. The van der Waals surface area contributed by atoms with Gasteiger partial charge < -0.3 is 10.5 Å². The quantitative estimate of drug-likeness (QED) is 0.662. The Labute approximate surface area is 143 Å². The van der Waals surface area contributed by atoms with Crippen LogP contribution in [0.3, 0.4) is 0 Å². The van der Waals surface area contributed by atoms with Gasteiger partial charge in [-0.15, -0.1) is 11.8 Å². The molecule has 0 spiro atoms. The average Bonchev–Trinajstić information content (AvgIpc) is 3.01. The number of halogens is 1. The first-order valence-electron chi connectivity index (χ1n) is 7.45. The zero-order valence-corrected chi connectivity index (χ0v) is 14.0. The standard InChI is InChI=1S/C16H18FN5OS/c1-11-2-4-13(5-3-11)24-7-12(6-17)23-10-22-9-21-14-15(18)19-8-20-16(14)22/h2-5,8-9,12H,6-7,10H2,1H3,(H2,18,19,20)/t12-/m0/s1. The minimum Gasteiger partial charge on any atom is -0.382 e. The van der Waals surface area contributed by atoms with Crippen LogP contribution in [0.15, 0.2) is 41.8 Å². The van der Waals surface area contributed by atoms with E-state index >= 15 is 0 Å². The number of aromatic nitrogens is 4. The minimum absolute atomic E-state index is 0.163. The highest BCUT2D eigenvalue weighted by molar-refractivity contribution is 7.99. The largest absolute Gasteiger partial charge is 0.382 e. The maximum absolute atomic E-state index is 13.2. The van der Waals surface area contributed by atoms with E-state index in [1.54, 1.807) is 22.7 Å². The zero-order valence-electron chi connectivity index (χ0n) is 13.2. The van der Waals surface area contributed by atoms with Gasteiger partial charge in [-0.1, -0.05) is 17.7 Å². The molecule has 2 aromatic heterocycles. The molecule has 3 rings (SSSR count). The van der Waals surface area contributed by atoms with Crippen molar-refractivity contribution in [2.75, 3.05) is 18.2 Å². The van der Waals surface area contributed by atoms with E-state index in [1.165, 1.54) is 11.9 Å². The summed E-state index contributed by atoms with van der Waals surface area (Å²) in [5, 5.41) is 0. The van der Waals surface area contributed by atoms with Crippen molar-refractivity contribution < 1.29 is 9.13 Å². The van der Waals surface area contributed by atoms with Gasteiger partial charge in [-0.3, -0.25) is 4.57 Å². The summed E-state index contributed by atoms with van der Waals surface area (Å²) in [6.45, 7) is 1.65. The molecular weight excluding hydrogens is 329 g/mol. The van der Waals surface area contributed by atoms with Crippen LogP contribution in [0.1, 0.15) is 5.56 Å². The van der Waals surface area contributed by atoms with Gasteiger partial charge in [-0.2, -0.15) is 0 Å². The summed E-state index contributed by atoms with van der Waals surface area (Å²) >= 11 is 1.57. The van der Waals surface area contributed by atoms with Crippen LogP contribution in [0.5, 0.6) is 0 Å². The molecule has 3 aromatic rings. The third-order valence-corrected chi connectivity index (χ3v) is 4.65. The number of nitrogens with zero attached hydrogens (tertiary/aromatic N) is 4. The highest BCUT2D eigenvalue weighted by Crippen LogP contribution is 2.21. The Morgan fingerprint density at radius 3 is 2.79 bits per heavy atom. The van der Waals surface area contributed by atoms with Gasteiger partial charge in [0.15, 0.2) is 11.5 Å². The molecule has 2 N–H and O–H groups in total. The van der Waals surface area contributed by atoms with E-state index in [-0.39, 0.29) is 6.73 Å². The van der Waals surface area contributed by atoms with Crippen molar-refractivity contribution in [2.45, 2.75) is 24.7 Å². The number of ether oxygens (including phenoxy) is 1. The van der Waals surface area contributed by atoms with E-state index in [0.29, 0.717) is 22.7 Å². The van der Waals surface area contributed by atoms with Crippen LogP contribution in [-0.2, 0) is 11.5 Å². The third kappa shape index (κ3) is 3.82. The second-order valence-electron chi connectivity index (χ2n) is 5.34. The summed E-state index contributed by atoms with van der Waals surface area (Å²) < 4.78 is 20.6. The maximum Gasteiger partial charge on any atom is 0.167 e. The lowest BCUT2D eigenvalue weighted by Gasteiger charge is -2.15. The molecule has 0 aliphatic rings.